The highest BCUT2D eigenvalue weighted by atomic mass is 35.5. The third kappa shape index (κ3) is 4.34. The van der Waals surface area contributed by atoms with Gasteiger partial charge in [0.15, 0.2) is 0 Å². The molecule has 2 aromatic rings. The Balaban J connectivity index is 2.24. The topological polar surface area (TPSA) is 69.2 Å². The minimum Gasteiger partial charge on any atom is -0.495 e. The Morgan fingerprint density at radius 1 is 1.14 bits per heavy atom. The molecule has 0 spiro atoms. The first kappa shape index (κ1) is 15.6. The third-order valence-corrected chi connectivity index (χ3v) is 2.82. The average Bonchev–Trinajstić information content (AvgIpc) is 2.39. The number of aromatic nitrogens is 3. The molecule has 6 nitrogen and oxygen atoms in total. The Kier molecular flexibility index (Phi) is 5.03. The second-order valence-corrected chi connectivity index (χ2v) is 5.10. The molecule has 0 amide bonds. The average molecular weight is 329 g/mol. The molecular weight excluding hydrogens is 315 g/mol. The van der Waals surface area contributed by atoms with Crippen LogP contribution in [-0.4, -0.2) is 28.2 Å². The largest absolute Gasteiger partial charge is 0.495 e. The van der Waals surface area contributed by atoms with Crippen LogP contribution < -0.4 is 14.8 Å². The van der Waals surface area contributed by atoms with E-state index in [1.165, 1.54) is 0 Å². The van der Waals surface area contributed by atoms with E-state index in [9.17, 15) is 0 Å². The van der Waals surface area contributed by atoms with Gasteiger partial charge < -0.3 is 14.8 Å². The molecule has 112 valence electrons. The fourth-order valence-electron chi connectivity index (χ4n) is 1.52. The lowest BCUT2D eigenvalue weighted by Gasteiger charge is -2.10. The van der Waals surface area contributed by atoms with E-state index in [4.69, 9.17) is 32.7 Å². The molecule has 2 rings (SSSR count). The summed E-state index contributed by atoms with van der Waals surface area (Å²) in [5.74, 6) is 0.815. The summed E-state index contributed by atoms with van der Waals surface area (Å²) >= 11 is 11.8. The predicted octanol–water partition coefficient (Wildman–Crippen LogP) is 3.72. The molecule has 0 aliphatic carbocycles. The minimum atomic E-state index is -0.0630. The number of nitrogens with one attached hydrogen (secondary N) is 1. The first-order valence-corrected chi connectivity index (χ1v) is 6.92. The van der Waals surface area contributed by atoms with Crippen LogP contribution in [-0.2, 0) is 0 Å². The van der Waals surface area contributed by atoms with Crippen LogP contribution in [0.5, 0.6) is 11.8 Å². The van der Waals surface area contributed by atoms with Crippen molar-refractivity contribution in [3.05, 3.63) is 28.5 Å². The highest BCUT2D eigenvalue weighted by molar-refractivity contribution is 6.32. The molecule has 0 atom stereocenters. The minimum absolute atomic E-state index is 0.0454. The number of methoxy groups -OCH3 is 1. The summed E-state index contributed by atoms with van der Waals surface area (Å²) < 4.78 is 10.6. The number of hydrogen-bond acceptors (Lipinski definition) is 6. The third-order valence-electron chi connectivity index (χ3n) is 2.34. The Labute approximate surface area is 132 Å². The van der Waals surface area contributed by atoms with Crippen molar-refractivity contribution in [3.8, 4) is 11.8 Å². The molecule has 0 aliphatic heterocycles. The zero-order valence-corrected chi connectivity index (χ0v) is 13.2. The first-order chi connectivity index (χ1) is 9.97. The normalized spacial score (nSPS) is 10.6. The number of hydrogen-bond donors (Lipinski definition) is 1. The van der Waals surface area contributed by atoms with Crippen molar-refractivity contribution < 1.29 is 9.47 Å². The van der Waals surface area contributed by atoms with E-state index in [2.05, 4.69) is 20.3 Å². The molecule has 1 N–H and O–H groups in total. The molecule has 0 saturated carbocycles. The van der Waals surface area contributed by atoms with Crippen molar-refractivity contribution >= 4 is 34.8 Å². The predicted molar refractivity (Wildman–Crippen MR) is 81.9 cm³/mol. The molecular formula is C13H14Cl2N4O2. The van der Waals surface area contributed by atoms with Crippen molar-refractivity contribution in [2.75, 3.05) is 12.4 Å². The number of nitrogens with zero attached hydrogens (tertiary/aromatic N) is 3. The molecule has 0 aliphatic rings. The maximum atomic E-state index is 5.97. The summed E-state index contributed by atoms with van der Waals surface area (Å²) in [7, 11) is 1.54. The summed E-state index contributed by atoms with van der Waals surface area (Å²) in [4.78, 5) is 12.0. The van der Waals surface area contributed by atoms with Crippen molar-refractivity contribution in [2.24, 2.45) is 0 Å². The zero-order chi connectivity index (χ0) is 15.4. The number of ether oxygens (including phenoxy) is 2. The number of rotatable bonds is 5. The summed E-state index contributed by atoms with van der Waals surface area (Å²) in [6.45, 7) is 3.74. The molecule has 8 heteroatoms. The smallest absolute Gasteiger partial charge is 0.322 e. The molecule has 1 aromatic carbocycles. The first-order valence-electron chi connectivity index (χ1n) is 6.16. The second kappa shape index (κ2) is 6.78. The van der Waals surface area contributed by atoms with Crippen LogP contribution in [0.2, 0.25) is 10.3 Å². The van der Waals surface area contributed by atoms with Crippen LogP contribution in [0.15, 0.2) is 18.2 Å². The van der Waals surface area contributed by atoms with E-state index in [1.54, 1.807) is 25.3 Å². The van der Waals surface area contributed by atoms with E-state index >= 15 is 0 Å². The molecule has 0 unspecified atom stereocenters. The summed E-state index contributed by atoms with van der Waals surface area (Å²) in [6.07, 6.45) is -0.0630. The quantitative estimate of drug-likeness (QED) is 0.902. The number of anilines is 2. The van der Waals surface area contributed by atoms with Crippen molar-refractivity contribution in [1.29, 1.82) is 0 Å². The van der Waals surface area contributed by atoms with E-state index in [-0.39, 0.29) is 23.3 Å². The highest BCUT2D eigenvalue weighted by Gasteiger charge is 2.09. The lowest BCUT2D eigenvalue weighted by molar-refractivity contribution is 0.222. The second-order valence-electron chi connectivity index (χ2n) is 4.35. The van der Waals surface area contributed by atoms with Gasteiger partial charge in [-0.25, -0.2) is 0 Å². The van der Waals surface area contributed by atoms with E-state index in [0.29, 0.717) is 16.5 Å². The van der Waals surface area contributed by atoms with Crippen LogP contribution in [0, 0.1) is 0 Å². The van der Waals surface area contributed by atoms with Gasteiger partial charge in [0.25, 0.3) is 0 Å². The molecule has 0 fully saturated rings. The maximum Gasteiger partial charge on any atom is 0.322 e. The fourth-order valence-corrected chi connectivity index (χ4v) is 1.87. The van der Waals surface area contributed by atoms with E-state index in [1.807, 2.05) is 13.8 Å². The molecule has 0 radical (unpaired) electrons. The zero-order valence-electron chi connectivity index (χ0n) is 11.7. The van der Waals surface area contributed by atoms with Gasteiger partial charge in [-0.3, -0.25) is 0 Å². The lowest BCUT2D eigenvalue weighted by atomic mass is 10.3. The van der Waals surface area contributed by atoms with Crippen LogP contribution in [0.1, 0.15) is 13.8 Å². The van der Waals surface area contributed by atoms with Gasteiger partial charge in [-0.1, -0.05) is 11.6 Å². The van der Waals surface area contributed by atoms with E-state index < -0.39 is 0 Å². The van der Waals surface area contributed by atoms with Crippen LogP contribution >= 0.6 is 23.2 Å². The van der Waals surface area contributed by atoms with Crippen molar-refractivity contribution in [3.63, 3.8) is 0 Å². The maximum absolute atomic E-state index is 5.97. The molecule has 0 bridgehead atoms. The van der Waals surface area contributed by atoms with Gasteiger partial charge in [-0.05, 0) is 37.6 Å². The van der Waals surface area contributed by atoms with Crippen LogP contribution in [0.4, 0.5) is 11.6 Å². The van der Waals surface area contributed by atoms with Gasteiger partial charge in [-0.15, -0.1) is 0 Å². The van der Waals surface area contributed by atoms with E-state index in [0.717, 1.165) is 0 Å². The number of halogens is 2. The van der Waals surface area contributed by atoms with Gasteiger partial charge in [0, 0.05) is 11.8 Å². The van der Waals surface area contributed by atoms with Crippen molar-refractivity contribution in [1.82, 2.24) is 15.0 Å². The van der Waals surface area contributed by atoms with Gasteiger partial charge in [0.2, 0.25) is 11.2 Å². The summed E-state index contributed by atoms with van der Waals surface area (Å²) in [5.41, 5.74) is 0.703. The van der Waals surface area contributed by atoms with Crippen LogP contribution in [0.3, 0.4) is 0 Å². The Morgan fingerprint density at radius 3 is 2.57 bits per heavy atom. The SMILES string of the molecule is COc1cc(Nc2nc(Cl)nc(OC(C)C)n2)ccc1Cl. The Hall–Kier alpha value is -1.79. The standard InChI is InChI=1S/C13H14Cl2N4O2/c1-7(2)21-13-18-11(15)17-12(19-13)16-8-4-5-9(14)10(6-8)20-3/h4-7H,1-3H3,(H,16,17,18,19). The van der Waals surface area contributed by atoms with Gasteiger partial charge in [0.1, 0.15) is 5.75 Å². The Bertz CT molecular complexity index is 638. The number of benzene rings is 1. The molecule has 1 heterocycles. The molecule has 0 saturated heterocycles. The van der Waals surface area contributed by atoms with Gasteiger partial charge >= 0.3 is 6.01 Å². The van der Waals surface area contributed by atoms with Gasteiger partial charge in [-0.2, -0.15) is 15.0 Å². The Morgan fingerprint density at radius 2 is 1.90 bits per heavy atom. The fraction of sp³-hybridized carbons (Fsp3) is 0.308. The highest BCUT2D eigenvalue weighted by Crippen LogP contribution is 2.28. The van der Waals surface area contributed by atoms with Crippen molar-refractivity contribution in [2.45, 2.75) is 20.0 Å². The van der Waals surface area contributed by atoms with Gasteiger partial charge in [0.05, 0.1) is 18.2 Å². The summed E-state index contributed by atoms with van der Waals surface area (Å²) in [6, 6.07) is 5.36. The monoisotopic (exact) mass is 328 g/mol. The molecule has 21 heavy (non-hydrogen) atoms. The summed E-state index contributed by atoms with van der Waals surface area (Å²) in [5, 5.41) is 3.55. The van der Waals surface area contributed by atoms with Crippen LogP contribution in [0.25, 0.3) is 0 Å². The lowest BCUT2D eigenvalue weighted by Crippen LogP contribution is -2.10. The molecule has 1 aromatic heterocycles.